The Kier molecular flexibility index (Phi) is 5.34. The summed E-state index contributed by atoms with van der Waals surface area (Å²) in [5.74, 6) is -3.25. The molecule has 0 saturated carbocycles. The van der Waals surface area contributed by atoms with Crippen LogP contribution in [-0.2, 0) is 15.8 Å². The lowest BCUT2D eigenvalue weighted by atomic mass is 9.95. The van der Waals surface area contributed by atoms with E-state index in [-0.39, 0.29) is 18.5 Å². The average molecular weight is 415 g/mol. The van der Waals surface area contributed by atoms with Crippen LogP contribution in [0.25, 0.3) is 0 Å². The first-order chi connectivity index (χ1) is 13.1. The molecule has 148 valence electrons. The number of hydrogen-bond acceptors (Lipinski definition) is 2. The SMILES string of the molecule is NC(=O)C1CC(=O)N([C@H](c2ccc(Cl)cc2)c2ccc(F)c(C(F)(F)F)c2)C1. The molecule has 1 aliphatic rings. The van der Waals surface area contributed by atoms with Crippen LogP contribution in [0.4, 0.5) is 17.6 Å². The third-order valence-corrected chi connectivity index (χ3v) is 4.92. The highest BCUT2D eigenvalue weighted by Gasteiger charge is 2.40. The summed E-state index contributed by atoms with van der Waals surface area (Å²) >= 11 is 5.88. The molecule has 0 spiro atoms. The molecule has 0 aromatic heterocycles. The first kappa shape index (κ1) is 20.1. The highest BCUT2D eigenvalue weighted by molar-refractivity contribution is 6.30. The van der Waals surface area contributed by atoms with Crippen molar-refractivity contribution in [1.82, 2.24) is 4.90 Å². The minimum atomic E-state index is -4.89. The van der Waals surface area contributed by atoms with Crippen LogP contribution in [0.5, 0.6) is 0 Å². The molecule has 2 N–H and O–H groups in total. The summed E-state index contributed by atoms with van der Waals surface area (Å²) in [6.07, 6.45) is -5.03. The summed E-state index contributed by atoms with van der Waals surface area (Å²) in [4.78, 5) is 25.3. The normalized spacial score (nSPS) is 18.4. The van der Waals surface area contributed by atoms with E-state index in [9.17, 15) is 27.2 Å². The van der Waals surface area contributed by atoms with Crippen LogP contribution in [0.3, 0.4) is 0 Å². The average Bonchev–Trinajstić information content (AvgIpc) is 2.99. The summed E-state index contributed by atoms with van der Waals surface area (Å²) < 4.78 is 53.2. The van der Waals surface area contributed by atoms with Crippen LogP contribution < -0.4 is 5.73 Å². The second kappa shape index (κ2) is 7.43. The molecule has 1 heterocycles. The summed E-state index contributed by atoms with van der Waals surface area (Å²) in [7, 11) is 0. The standard InChI is InChI=1S/C19H15ClF4N2O2/c20-13-4-1-10(2-5-13)17(26-9-12(18(25)28)8-16(26)27)11-3-6-15(21)14(7-11)19(22,23)24/h1-7,12,17H,8-9H2,(H2,25,28)/t12?,17-/m1/s1. The fourth-order valence-electron chi connectivity index (χ4n) is 3.30. The van der Waals surface area contributed by atoms with Gasteiger partial charge in [-0.1, -0.05) is 29.8 Å². The van der Waals surface area contributed by atoms with Crippen LogP contribution in [0.2, 0.25) is 5.02 Å². The van der Waals surface area contributed by atoms with Gasteiger partial charge in [0.1, 0.15) is 5.82 Å². The molecule has 0 radical (unpaired) electrons. The minimum absolute atomic E-state index is 0.0415. The Morgan fingerprint density at radius 1 is 1.14 bits per heavy atom. The predicted molar refractivity (Wildman–Crippen MR) is 93.7 cm³/mol. The first-order valence-corrected chi connectivity index (χ1v) is 8.66. The van der Waals surface area contributed by atoms with Gasteiger partial charge in [0, 0.05) is 18.0 Å². The smallest absolute Gasteiger partial charge is 0.369 e. The molecule has 28 heavy (non-hydrogen) atoms. The van der Waals surface area contributed by atoms with Gasteiger partial charge in [-0.3, -0.25) is 9.59 Å². The van der Waals surface area contributed by atoms with Crippen LogP contribution >= 0.6 is 11.6 Å². The maximum absolute atomic E-state index is 13.7. The Morgan fingerprint density at radius 3 is 2.29 bits per heavy atom. The fourth-order valence-corrected chi connectivity index (χ4v) is 3.43. The molecule has 2 aromatic rings. The number of amides is 2. The topological polar surface area (TPSA) is 63.4 Å². The highest BCUT2D eigenvalue weighted by atomic mass is 35.5. The van der Waals surface area contributed by atoms with Gasteiger partial charge in [-0.25, -0.2) is 4.39 Å². The molecule has 0 aliphatic carbocycles. The van der Waals surface area contributed by atoms with E-state index < -0.39 is 41.3 Å². The maximum atomic E-state index is 13.7. The van der Waals surface area contributed by atoms with Crippen molar-refractivity contribution in [2.45, 2.75) is 18.6 Å². The van der Waals surface area contributed by atoms with Gasteiger partial charge in [-0.2, -0.15) is 13.2 Å². The van der Waals surface area contributed by atoms with Gasteiger partial charge < -0.3 is 10.6 Å². The van der Waals surface area contributed by atoms with Crippen molar-refractivity contribution in [3.63, 3.8) is 0 Å². The molecule has 1 aliphatic heterocycles. The van der Waals surface area contributed by atoms with Gasteiger partial charge >= 0.3 is 6.18 Å². The molecule has 1 unspecified atom stereocenters. The van der Waals surface area contributed by atoms with Crippen molar-refractivity contribution in [2.75, 3.05) is 6.54 Å². The third-order valence-electron chi connectivity index (χ3n) is 4.67. The molecule has 3 rings (SSSR count). The number of benzene rings is 2. The van der Waals surface area contributed by atoms with Crippen LogP contribution in [-0.4, -0.2) is 23.3 Å². The van der Waals surface area contributed by atoms with Crippen molar-refractivity contribution >= 4 is 23.4 Å². The molecule has 2 atom stereocenters. The van der Waals surface area contributed by atoms with Gasteiger partial charge in [-0.05, 0) is 35.4 Å². The number of alkyl halides is 3. The number of hydrogen-bond donors (Lipinski definition) is 1. The number of primary amides is 1. The van der Waals surface area contributed by atoms with Crippen LogP contribution in [0.15, 0.2) is 42.5 Å². The number of nitrogens with zero attached hydrogens (tertiary/aromatic N) is 1. The molecular weight excluding hydrogens is 400 g/mol. The first-order valence-electron chi connectivity index (χ1n) is 8.29. The maximum Gasteiger partial charge on any atom is 0.419 e. The molecule has 9 heteroatoms. The van der Waals surface area contributed by atoms with Crippen molar-refractivity contribution in [2.24, 2.45) is 11.7 Å². The van der Waals surface area contributed by atoms with Crippen molar-refractivity contribution in [3.8, 4) is 0 Å². The quantitative estimate of drug-likeness (QED) is 0.771. The number of likely N-dealkylation sites (tertiary alicyclic amines) is 1. The van der Waals surface area contributed by atoms with Gasteiger partial charge in [-0.15, -0.1) is 0 Å². The van der Waals surface area contributed by atoms with E-state index in [4.69, 9.17) is 17.3 Å². The lowest BCUT2D eigenvalue weighted by Crippen LogP contribution is -2.33. The molecule has 0 bridgehead atoms. The lowest BCUT2D eigenvalue weighted by Gasteiger charge is -2.29. The molecule has 4 nitrogen and oxygen atoms in total. The van der Waals surface area contributed by atoms with Gasteiger partial charge in [0.05, 0.1) is 17.5 Å². The Morgan fingerprint density at radius 2 is 1.75 bits per heavy atom. The summed E-state index contributed by atoms with van der Waals surface area (Å²) in [6.45, 7) is -0.0415. The van der Waals surface area contributed by atoms with E-state index in [1.807, 2.05) is 0 Å². The molecule has 1 fully saturated rings. The van der Waals surface area contributed by atoms with E-state index in [0.717, 1.165) is 0 Å². The van der Waals surface area contributed by atoms with Crippen molar-refractivity contribution in [1.29, 1.82) is 0 Å². The number of nitrogens with two attached hydrogens (primary N) is 1. The Labute approximate surface area is 162 Å². The van der Waals surface area contributed by atoms with Crippen LogP contribution in [0.1, 0.15) is 29.2 Å². The Balaban J connectivity index is 2.11. The van der Waals surface area contributed by atoms with Gasteiger partial charge in [0.25, 0.3) is 0 Å². The largest absolute Gasteiger partial charge is 0.419 e. The van der Waals surface area contributed by atoms with E-state index in [0.29, 0.717) is 22.7 Å². The van der Waals surface area contributed by atoms with E-state index in [1.54, 1.807) is 12.1 Å². The predicted octanol–water partition coefficient (Wildman–Crippen LogP) is 3.92. The van der Waals surface area contributed by atoms with E-state index in [2.05, 4.69) is 0 Å². The Bertz CT molecular complexity index is 915. The zero-order chi connectivity index (χ0) is 20.6. The lowest BCUT2D eigenvalue weighted by molar-refractivity contribution is -0.140. The fraction of sp³-hybridized carbons (Fsp3) is 0.263. The number of carbonyl (C=O) groups is 2. The zero-order valence-corrected chi connectivity index (χ0v) is 15.1. The van der Waals surface area contributed by atoms with Crippen molar-refractivity contribution in [3.05, 3.63) is 70.0 Å². The highest BCUT2D eigenvalue weighted by Crippen LogP contribution is 2.38. The third kappa shape index (κ3) is 3.96. The summed E-state index contributed by atoms with van der Waals surface area (Å²) in [5.41, 5.74) is 4.40. The van der Waals surface area contributed by atoms with Gasteiger partial charge in [0.2, 0.25) is 11.8 Å². The van der Waals surface area contributed by atoms with Gasteiger partial charge in [0.15, 0.2) is 0 Å². The number of rotatable bonds is 4. The second-order valence-electron chi connectivity index (χ2n) is 6.54. The molecular formula is C19H15ClF4N2O2. The minimum Gasteiger partial charge on any atom is -0.369 e. The van der Waals surface area contributed by atoms with E-state index >= 15 is 0 Å². The Hall–Kier alpha value is -2.61. The number of halogens is 5. The number of carbonyl (C=O) groups excluding carboxylic acids is 2. The zero-order valence-electron chi connectivity index (χ0n) is 14.3. The molecule has 2 amide bonds. The monoisotopic (exact) mass is 414 g/mol. The molecule has 2 aromatic carbocycles. The van der Waals surface area contributed by atoms with Crippen molar-refractivity contribution < 1.29 is 27.2 Å². The summed E-state index contributed by atoms with van der Waals surface area (Å²) in [5, 5.41) is 0.403. The van der Waals surface area contributed by atoms with E-state index in [1.165, 1.54) is 23.1 Å². The van der Waals surface area contributed by atoms with Crippen LogP contribution in [0, 0.1) is 11.7 Å². The second-order valence-corrected chi connectivity index (χ2v) is 6.98. The molecule has 1 saturated heterocycles. The summed E-state index contributed by atoms with van der Waals surface area (Å²) in [6, 6.07) is 7.83.